The Hall–Kier alpha value is -1.94. The molecule has 0 radical (unpaired) electrons. The summed E-state index contributed by atoms with van der Waals surface area (Å²) in [6.45, 7) is 0.124. The highest BCUT2D eigenvalue weighted by molar-refractivity contribution is 5.63. The van der Waals surface area contributed by atoms with E-state index in [4.69, 9.17) is 10.8 Å². The first-order valence-electron chi connectivity index (χ1n) is 5.08. The summed E-state index contributed by atoms with van der Waals surface area (Å²) in [4.78, 5) is 8.23. The SMILES string of the molecule is Nc1cnc(-c2ccccc2CCO)cn1. The van der Waals surface area contributed by atoms with Crippen molar-refractivity contribution in [2.24, 2.45) is 0 Å². The summed E-state index contributed by atoms with van der Waals surface area (Å²) in [5.41, 5.74) is 8.31. The standard InChI is InChI=1S/C12H13N3O/c13-12-8-14-11(7-15-12)10-4-2-1-3-9(10)5-6-16/h1-4,7-8,16H,5-6H2,(H2,13,15). The second-order valence-electron chi connectivity index (χ2n) is 3.46. The monoisotopic (exact) mass is 215 g/mol. The van der Waals surface area contributed by atoms with E-state index in [1.54, 1.807) is 6.20 Å². The van der Waals surface area contributed by atoms with Crippen LogP contribution in [-0.4, -0.2) is 21.7 Å². The largest absolute Gasteiger partial charge is 0.396 e. The highest BCUT2D eigenvalue weighted by atomic mass is 16.2. The van der Waals surface area contributed by atoms with E-state index in [0.717, 1.165) is 16.8 Å². The Labute approximate surface area is 93.8 Å². The normalized spacial score (nSPS) is 10.3. The lowest BCUT2D eigenvalue weighted by Crippen LogP contribution is -1.97. The van der Waals surface area contributed by atoms with E-state index >= 15 is 0 Å². The van der Waals surface area contributed by atoms with E-state index < -0.39 is 0 Å². The molecule has 4 nitrogen and oxygen atoms in total. The summed E-state index contributed by atoms with van der Waals surface area (Å²) in [5.74, 6) is 0.406. The molecule has 16 heavy (non-hydrogen) atoms. The van der Waals surface area contributed by atoms with Crippen LogP contribution in [0.15, 0.2) is 36.7 Å². The number of nitrogen functional groups attached to an aromatic ring is 1. The number of nitrogens with two attached hydrogens (primary N) is 1. The van der Waals surface area contributed by atoms with Gasteiger partial charge < -0.3 is 10.8 Å². The molecule has 4 heteroatoms. The Bertz CT molecular complexity index is 468. The van der Waals surface area contributed by atoms with E-state index in [9.17, 15) is 0 Å². The Morgan fingerprint density at radius 3 is 2.62 bits per heavy atom. The van der Waals surface area contributed by atoms with Crippen LogP contribution >= 0.6 is 0 Å². The molecule has 1 aromatic heterocycles. The number of aliphatic hydroxyl groups is 1. The van der Waals surface area contributed by atoms with Gasteiger partial charge in [-0.15, -0.1) is 0 Å². The molecule has 1 heterocycles. The van der Waals surface area contributed by atoms with Crippen LogP contribution in [0.4, 0.5) is 5.82 Å². The predicted molar refractivity (Wildman–Crippen MR) is 62.7 cm³/mol. The summed E-state index contributed by atoms with van der Waals surface area (Å²) in [6.07, 6.45) is 3.79. The third kappa shape index (κ3) is 2.17. The molecule has 0 atom stereocenters. The summed E-state index contributed by atoms with van der Waals surface area (Å²) >= 11 is 0. The maximum absolute atomic E-state index is 8.98. The first-order valence-corrected chi connectivity index (χ1v) is 5.08. The van der Waals surface area contributed by atoms with Crippen LogP contribution in [0.5, 0.6) is 0 Å². The molecular weight excluding hydrogens is 202 g/mol. The molecule has 0 fully saturated rings. The molecule has 2 aromatic rings. The number of rotatable bonds is 3. The second kappa shape index (κ2) is 4.72. The molecular formula is C12H13N3O. The molecule has 1 aromatic carbocycles. The van der Waals surface area contributed by atoms with Gasteiger partial charge in [-0.3, -0.25) is 4.98 Å². The van der Waals surface area contributed by atoms with Crippen molar-refractivity contribution < 1.29 is 5.11 Å². The van der Waals surface area contributed by atoms with Gasteiger partial charge in [0.2, 0.25) is 0 Å². The number of aromatic nitrogens is 2. The zero-order chi connectivity index (χ0) is 11.4. The predicted octanol–water partition coefficient (Wildman–Crippen LogP) is 1.26. The third-order valence-electron chi connectivity index (χ3n) is 2.35. The fraction of sp³-hybridized carbons (Fsp3) is 0.167. The Kier molecular flexibility index (Phi) is 3.12. The molecule has 82 valence electrons. The van der Waals surface area contributed by atoms with E-state index in [1.165, 1.54) is 6.20 Å². The van der Waals surface area contributed by atoms with E-state index in [0.29, 0.717) is 12.2 Å². The van der Waals surface area contributed by atoms with E-state index in [2.05, 4.69) is 9.97 Å². The summed E-state index contributed by atoms with van der Waals surface area (Å²) in [6, 6.07) is 7.82. The van der Waals surface area contributed by atoms with Crippen molar-refractivity contribution in [3.8, 4) is 11.3 Å². The topological polar surface area (TPSA) is 72.0 Å². The maximum Gasteiger partial charge on any atom is 0.141 e. The molecule has 0 unspecified atom stereocenters. The van der Waals surface area contributed by atoms with Crippen LogP contribution in [0.25, 0.3) is 11.3 Å². The molecule has 0 spiro atoms. The summed E-state index contributed by atoms with van der Waals surface area (Å²) in [7, 11) is 0. The van der Waals surface area contributed by atoms with Crippen LogP contribution in [0.3, 0.4) is 0 Å². The van der Waals surface area contributed by atoms with Gasteiger partial charge in [-0.1, -0.05) is 24.3 Å². The van der Waals surface area contributed by atoms with Crippen molar-refractivity contribution in [3.05, 3.63) is 42.2 Å². The van der Waals surface area contributed by atoms with Crippen molar-refractivity contribution in [1.82, 2.24) is 9.97 Å². The van der Waals surface area contributed by atoms with Gasteiger partial charge in [0, 0.05) is 12.2 Å². The zero-order valence-corrected chi connectivity index (χ0v) is 8.80. The zero-order valence-electron chi connectivity index (χ0n) is 8.80. The smallest absolute Gasteiger partial charge is 0.141 e. The number of aliphatic hydroxyl groups excluding tert-OH is 1. The van der Waals surface area contributed by atoms with Crippen molar-refractivity contribution in [1.29, 1.82) is 0 Å². The van der Waals surface area contributed by atoms with Gasteiger partial charge >= 0.3 is 0 Å². The van der Waals surface area contributed by atoms with Gasteiger partial charge in [-0.2, -0.15) is 0 Å². The van der Waals surface area contributed by atoms with Gasteiger partial charge in [0.05, 0.1) is 18.1 Å². The van der Waals surface area contributed by atoms with Crippen LogP contribution in [-0.2, 0) is 6.42 Å². The number of anilines is 1. The van der Waals surface area contributed by atoms with Gasteiger partial charge in [-0.25, -0.2) is 4.98 Å². The Morgan fingerprint density at radius 2 is 1.94 bits per heavy atom. The van der Waals surface area contributed by atoms with Crippen molar-refractivity contribution in [2.75, 3.05) is 12.3 Å². The minimum Gasteiger partial charge on any atom is -0.396 e. The van der Waals surface area contributed by atoms with Gasteiger partial charge in [0.1, 0.15) is 5.82 Å². The minimum atomic E-state index is 0.124. The summed E-state index contributed by atoms with van der Waals surface area (Å²) < 4.78 is 0. The molecule has 0 bridgehead atoms. The minimum absolute atomic E-state index is 0.124. The van der Waals surface area contributed by atoms with Crippen LogP contribution in [0, 0.1) is 0 Å². The van der Waals surface area contributed by atoms with E-state index in [-0.39, 0.29) is 6.61 Å². The third-order valence-corrected chi connectivity index (χ3v) is 2.35. The highest BCUT2D eigenvalue weighted by Crippen LogP contribution is 2.21. The molecule has 0 saturated carbocycles. The Morgan fingerprint density at radius 1 is 1.12 bits per heavy atom. The molecule has 0 aliphatic carbocycles. The fourth-order valence-corrected chi connectivity index (χ4v) is 1.59. The molecule has 0 aliphatic heterocycles. The van der Waals surface area contributed by atoms with Gasteiger partial charge in [0.25, 0.3) is 0 Å². The van der Waals surface area contributed by atoms with Crippen molar-refractivity contribution in [2.45, 2.75) is 6.42 Å². The van der Waals surface area contributed by atoms with Crippen molar-refractivity contribution in [3.63, 3.8) is 0 Å². The molecule has 2 rings (SSSR count). The van der Waals surface area contributed by atoms with Crippen LogP contribution < -0.4 is 5.73 Å². The first kappa shape index (κ1) is 10.6. The van der Waals surface area contributed by atoms with Crippen LogP contribution in [0.1, 0.15) is 5.56 Å². The first-order chi connectivity index (χ1) is 7.81. The molecule has 3 N–H and O–H groups in total. The fourth-order valence-electron chi connectivity index (χ4n) is 1.59. The van der Waals surface area contributed by atoms with Crippen molar-refractivity contribution >= 4 is 5.82 Å². The average Bonchev–Trinajstić information content (AvgIpc) is 2.32. The molecule has 0 saturated heterocycles. The average molecular weight is 215 g/mol. The lowest BCUT2D eigenvalue weighted by Gasteiger charge is -2.07. The molecule has 0 aliphatic rings. The number of hydrogen-bond donors (Lipinski definition) is 2. The van der Waals surface area contributed by atoms with Crippen LogP contribution in [0.2, 0.25) is 0 Å². The second-order valence-corrected chi connectivity index (χ2v) is 3.46. The number of benzene rings is 1. The number of nitrogens with zero attached hydrogens (tertiary/aromatic N) is 2. The molecule has 0 amide bonds. The summed E-state index contributed by atoms with van der Waals surface area (Å²) in [5, 5.41) is 8.98. The Balaban J connectivity index is 2.42. The lowest BCUT2D eigenvalue weighted by atomic mass is 10.0. The van der Waals surface area contributed by atoms with E-state index in [1.807, 2.05) is 24.3 Å². The quantitative estimate of drug-likeness (QED) is 0.808. The lowest BCUT2D eigenvalue weighted by molar-refractivity contribution is 0.300. The number of hydrogen-bond acceptors (Lipinski definition) is 4. The van der Waals surface area contributed by atoms with Gasteiger partial charge in [-0.05, 0) is 12.0 Å². The highest BCUT2D eigenvalue weighted by Gasteiger charge is 2.05. The van der Waals surface area contributed by atoms with Gasteiger partial charge in [0.15, 0.2) is 0 Å². The maximum atomic E-state index is 8.98.